The molecule has 0 atom stereocenters. The van der Waals surface area contributed by atoms with Gasteiger partial charge in [0.1, 0.15) is 0 Å². The van der Waals surface area contributed by atoms with Crippen LogP contribution in [0.3, 0.4) is 0 Å². The maximum absolute atomic E-state index is 10.3. The molecule has 0 bridgehead atoms. The molecule has 120 valence electrons. The maximum atomic E-state index is 10.3. The van der Waals surface area contributed by atoms with Crippen molar-refractivity contribution in [3.8, 4) is 0 Å². The van der Waals surface area contributed by atoms with Crippen molar-refractivity contribution in [3.05, 3.63) is 35.4 Å². The van der Waals surface area contributed by atoms with Crippen molar-refractivity contribution < 1.29 is 19.8 Å². The summed E-state index contributed by atoms with van der Waals surface area (Å²) in [6.07, 6.45) is 0.276. The van der Waals surface area contributed by atoms with Gasteiger partial charge in [0.05, 0.1) is 0 Å². The summed E-state index contributed by atoms with van der Waals surface area (Å²) in [5.41, 5.74) is 2.02. The third kappa shape index (κ3) is 11.7. The molecule has 1 N–H and O–H groups in total. The highest BCUT2D eigenvalue weighted by atomic mass is 16.4. The van der Waals surface area contributed by atoms with E-state index in [4.69, 9.17) is 5.11 Å². The van der Waals surface area contributed by atoms with Crippen LogP contribution in [0.4, 0.5) is 0 Å². The molecule has 0 radical (unpaired) electrons. The van der Waals surface area contributed by atoms with Crippen LogP contribution in [0.5, 0.6) is 0 Å². The van der Waals surface area contributed by atoms with Crippen molar-refractivity contribution >= 4 is 11.9 Å². The first-order valence-electron chi connectivity index (χ1n) is 6.72. The second kappa shape index (κ2) is 10.9. The summed E-state index contributed by atoms with van der Waals surface area (Å²) in [7, 11) is 0. The molecule has 1 aromatic carbocycles. The van der Waals surface area contributed by atoms with Crippen LogP contribution in [0, 0.1) is 5.92 Å². The molecule has 0 aliphatic carbocycles. The Balaban J connectivity index is 0. The molecule has 4 heteroatoms. The van der Waals surface area contributed by atoms with Crippen LogP contribution in [0.15, 0.2) is 24.3 Å². The van der Waals surface area contributed by atoms with Crippen molar-refractivity contribution in [2.45, 2.75) is 53.9 Å². The molecule has 0 aliphatic rings. The molecule has 0 amide bonds. The Bertz CT molecular complexity index is 419. The monoisotopic (exact) mass is 295 g/mol. The predicted octanol–water partition coefficient (Wildman–Crippen LogP) is 2.86. The Hall–Kier alpha value is -1.84. The van der Waals surface area contributed by atoms with Gasteiger partial charge in [-0.05, 0) is 23.0 Å². The summed E-state index contributed by atoms with van der Waals surface area (Å²) in [6, 6.07) is 7.60. The molecular formula is C17H27O4-. The van der Waals surface area contributed by atoms with E-state index in [0.717, 1.165) is 5.56 Å². The molecule has 0 saturated heterocycles. The van der Waals surface area contributed by atoms with Crippen LogP contribution in [0.2, 0.25) is 0 Å². The number of rotatable bonds is 5. The lowest BCUT2D eigenvalue weighted by Gasteiger charge is -2.06. The second-order valence-corrected chi connectivity index (χ2v) is 5.44. The average Bonchev–Trinajstić information content (AvgIpc) is 2.27. The number of carbonyl (C=O) groups excluding carboxylic acids is 1. The second-order valence-electron chi connectivity index (χ2n) is 5.44. The van der Waals surface area contributed by atoms with Crippen LogP contribution in [0.1, 0.15) is 58.6 Å². The molecule has 0 fully saturated rings. The van der Waals surface area contributed by atoms with E-state index in [9.17, 15) is 14.7 Å². The zero-order valence-electron chi connectivity index (χ0n) is 12.6. The van der Waals surface area contributed by atoms with Crippen molar-refractivity contribution in [2.24, 2.45) is 5.92 Å². The summed E-state index contributed by atoms with van der Waals surface area (Å²) in [5.74, 6) is -0.984. The molecule has 0 aliphatic heterocycles. The molecular weight excluding hydrogens is 268 g/mol. The third-order valence-corrected chi connectivity index (χ3v) is 2.58. The molecule has 4 nitrogen and oxygen atoms in total. The summed E-state index contributed by atoms with van der Waals surface area (Å²) in [4.78, 5) is 20.1. The molecule has 0 aromatic heterocycles. The van der Waals surface area contributed by atoms with E-state index in [1.165, 1.54) is 5.56 Å². The number of carbonyl (C=O) groups is 2. The minimum absolute atomic E-state index is 0. The standard InChI is InChI=1S/C11H14O2.C5H10O2.CH4/c1-8(2)10-5-3-9(4-6-10)7-11(12)13;1-4(2)3-5(6)7;/h3-6,8H,7H2,1-2H3,(H,12,13);4H,3H2,1-2H3,(H,6,7);1H4/p-1. The number of hydrogen-bond acceptors (Lipinski definition) is 3. The first kappa shape index (κ1) is 21.5. The van der Waals surface area contributed by atoms with Gasteiger partial charge >= 0.3 is 5.97 Å². The third-order valence-electron chi connectivity index (χ3n) is 2.58. The van der Waals surface area contributed by atoms with Gasteiger partial charge in [0, 0.05) is 18.8 Å². The molecule has 1 rings (SSSR count). The quantitative estimate of drug-likeness (QED) is 0.906. The van der Waals surface area contributed by atoms with E-state index >= 15 is 0 Å². The van der Waals surface area contributed by atoms with E-state index in [1.807, 2.05) is 38.1 Å². The number of benzene rings is 1. The molecule has 21 heavy (non-hydrogen) atoms. The highest BCUT2D eigenvalue weighted by Crippen LogP contribution is 2.14. The van der Waals surface area contributed by atoms with E-state index in [1.54, 1.807) is 0 Å². The largest absolute Gasteiger partial charge is 0.550 e. The van der Waals surface area contributed by atoms with Gasteiger partial charge in [-0.1, -0.05) is 59.4 Å². The summed E-state index contributed by atoms with van der Waals surface area (Å²) >= 11 is 0. The van der Waals surface area contributed by atoms with Gasteiger partial charge in [-0.15, -0.1) is 0 Å². The first-order valence-corrected chi connectivity index (χ1v) is 6.72. The van der Waals surface area contributed by atoms with E-state index in [0.29, 0.717) is 5.92 Å². The van der Waals surface area contributed by atoms with Gasteiger partial charge in [-0.3, -0.25) is 4.79 Å². The van der Waals surface area contributed by atoms with Gasteiger partial charge < -0.3 is 15.0 Å². The van der Waals surface area contributed by atoms with Crippen molar-refractivity contribution in [1.82, 2.24) is 0 Å². The van der Waals surface area contributed by atoms with Gasteiger partial charge in [-0.2, -0.15) is 0 Å². The van der Waals surface area contributed by atoms with Gasteiger partial charge in [0.2, 0.25) is 0 Å². The average molecular weight is 295 g/mol. The normalized spacial score (nSPS) is 9.62. The topological polar surface area (TPSA) is 77.4 Å². The van der Waals surface area contributed by atoms with E-state index < -0.39 is 11.9 Å². The Labute approximate surface area is 127 Å². The minimum Gasteiger partial charge on any atom is -0.550 e. The molecule has 0 heterocycles. The zero-order valence-corrected chi connectivity index (χ0v) is 12.6. The van der Waals surface area contributed by atoms with Gasteiger partial charge in [-0.25, -0.2) is 0 Å². The van der Waals surface area contributed by atoms with E-state index in [2.05, 4.69) is 13.8 Å². The van der Waals surface area contributed by atoms with Crippen LogP contribution < -0.4 is 5.11 Å². The van der Waals surface area contributed by atoms with Crippen LogP contribution >= 0.6 is 0 Å². The Morgan fingerprint density at radius 3 is 1.81 bits per heavy atom. The maximum Gasteiger partial charge on any atom is 0.303 e. The highest BCUT2D eigenvalue weighted by molar-refractivity contribution is 5.68. The van der Waals surface area contributed by atoms with Gasteiger partial charge in [0.25, 0.3) is 0 Å². The SMILES string of the molecule is C.CC(C)CC(=O)O.CC(C)c1ccc(CC(=O)[O-])cc1. The number of carboxylic acid groups (broad SMARTS) is 2. The fraction of sp³-hybridized carbons (Fsp3) is 0.529. The van der Waals surface area contributed by atoms with Crippen molar-refractivity contribution in [2.75, 3.05) is 0 Å². The minimum atomic E-state index is -1.03. The Morgan fingerprint density at radius 2 is 1.57 bits per heavy atom. The molecule has 0 spiro atoms. The number of aliphatic carboxylic acids is 2. The first-order chi connectivity index (χ1) is 9.22. The molecule has 1 aromatic rings. The fourth-order valence-electron chi connectivity index (χ4n) is 1.54. The molecule has 0 saturated carbocycles. The van der Waals surface area contributed by atoms with Crippen LogP contribution in [0.25, 0.3) is 0 Å². The highest BCUT2D eigenvalue weighted by Gasteiger charge is 1.99. The van der Waals surface area contributed by atoms with Crippen molar-refractivity contribution in [1.29, 1.82) is 0 Å². The molecule has 0 unspecified atom stereocenters. The smallest absolute Gasteiger partial charge is 0.303 e. The van der Waals surface area contributed by atoms with Crippen molar-refractivity contribution in [3.63, 3.8) is 0 Å². The van der Waals surface area contributed by atoms with Gasteiger partial charge in [0.15, 0.2) is 0 Å². The van der Waals surface area contributed by atoms with Crippen LogP contribution in [-0.2, 0) is 16.0 Å². The summed E-state index contributed by atoms with van der Waals surface area (Å²) in [6.45, 7) is 7.98. The summed E-state index contributed by atoms with van der Waals surface area (Å²) < 4.78 is 0. The number of hydrogen-bond donors (Lipinski definition) is 1. The number of carboxylic acids is 2. The zero-order chi connectivity index (χ0) is 15.7. The predicted molar refractivity (Wildman–Crippen MR) is 83.1 cm³/mol. The fourth-order valence-corrected chi connectivity index (χ4v) is 1.54. The lowest BCUT2D eigenvalue weighted by Crippen LogP contribution is -2.24. The van der Waals surface area contributed by atoms with Crippen LogP contribution in [-0.4, -0.2) is 17.0 Å². The lowest BCUT2D eigenvalue weighted by molar-refractivity contribution is -0.304. The lowest BCUT2D eigenvalue weighted by atomic mass is 10.0. The Morgan fingerprint density at radius 1 is 1.10 bits per heavy atom. The van der Waals surface area contributed by atoms with E-state index in [-0.39, 0.29) is 26.2 Å². The summed E-state index contributed by atoms with van der Waals surface area (Å²) in [5, 5.41) is 18.4. The Kier molecular flexibility index (Phi) is 11.1.